The minimum atomic E-state index is 0.410. The molecule has 0 amide bonds. The van der Waals surface area contributed by atoms with Crippen molar-refractivity contribution < 1.29 is 0 Å². The first-order chi connectivity index (χ1) is 14.9. The first-order valence-corrected chi connectivity index (χ1v) is 13.1. The Hall–Kier alpha value is -1.36. The van der Waals surface area contributed by atoms with E-state index in [9.17, 15) is 0 Å². The molecule has 0 N–H and O–H groups in total. The molecule has 0 aromatic heterocycles. The van der Waals surface area contributed by atoms with Crippen LogP contribution in [0.1, 0.15) is 50.3 Å². The molecule has 1 aromatic carbocycles. The maximum absolute atomic E-state index is 5.94. The number of hydrogen-bond donors (Lipinski definition) is 0. The third-order valence-electron chi connectivity index (χ3n) is 5.26. The van der Waals surface area contributed by atoms with E-state index in [1.807, 2.05) is 11.8 Å². The summed E-state index contributed by atoms with van der Waals surface area (Å²) in [6.45, 7) is 10.6. The monoisotopic (exact) mass is 506 g/mol. The fraction of sp³-hybridized carbons (Fsp3) is 0.259. The summed E-state index contributed by atoms with van der Waals surface area (Å²) in [4.78, 5) is 0.924. The van der Waals surface area contributed by atoms with Crippen molar-refractivity contribution in [2.24, 2.45) is 0 Å². The molecule has 1 aromatic rings. The van der Waals surface area contributed by atoms with Gasteiger partial charge in [-0.15, -0.1) is 23.5 Å². The highest BCUT2D eigenvalue weighted by atomic mass is 79.9. The maximum atomic E-state index is 5.94. The highest BCUT2D eigenvalue weighted by Crippen LogP contribution is 2.37. The standard InChI is InChI=1S/C27H28BBrS2/c1-5-19(4)16-24(18(2)3)25-17-20(7-10-23-13-15-27(29)31-23)6-8-21(25)9-11-22-12-14-26(28)30-22/h5-11,14-17,22-23H,2,12-13H2,1,3-4H3/b10-7+,11-9+,19-5-,24-16+. The van der Waals surface area contributed by atoms with Crippen LogP contribution >= 0.6 is 39.5 Å². The molecule has 158 valence electrons. The Morgan fingerprint density at radius 1 is 1.10 bits per heavy atom. The molecule has 2 aliphatic rings. The van der Waals surface area contributed by atoms with E-state index in [-0.39, 0.29) is 0 Å². The van der Waals surface area contributed by atoms with Gasteiger partial charge in [0.15, 0.2) is 0 Å². The second-order valence-corrected chi connectivity index (χ2v) is 11.8. The second-order valence-electron chi connectivity index (χ2n) is 7.83. The normalized spacial score (nSPS) is 22.5. The summed E-state index contributed by atoms with van der Waals surface area (Å²) in [5.41, 5.74) is 7.12. The predicted molar refractivity (Wildman–Crippen MR) is 150 cm³/mol. The molecule has 0 saturated carbocycles. The van der Waals surface area contributed by atoms with Crippen molar-refractivity contribution in [1.82, 2.24) is 0 Å². The van der Waals surface area contributed by atoms with E-state index in [4.69, 9.17) is 7.85 Å². The van der Waals surface area contributed by atoms with Gasteiger partial charge in [-0.2, -0.15) is 0 Å². The van der Waals surface area contributed by atoms with Crippen molar-refractivity contribution in [3.05, 3.63) is 97.7 Å². The van der Waals surface area contributed by atoms with Crippen LogP contribution in [-0.2, 0) is 0 Å². The summed E-state index contributed by atoms with van der Waals surface area (Å²) in [5.74, 6) is 0. The molecule has 0 nitrogen and oxygen atoms in total. The number of halogens is 1. The van der Waals surface area contributed by atoms with Crippen molar-refractivity contribution in [2.75, 3.05) is 0 Å². The number of hydrogen-bond acceptors (Lipinski definition) is 2. The van der Waals surface area contributed by atoms with Crippen LogP contribution in [0.3, 0.4) is 0 Å². The number of thioether (sulfide) groups is 2. The molecule has 2 unspecified atom stereocenters. The third kappa shape index (κ3) is 7.07. The molecule has 2 atom stereocenters. The number of allylic oxidation sites excluding steroid dienone is 7. The van der Waals surface area contributed by atoms with E-state index >= 15 is 0 Å². The van der Waals surface area contributed by atoms with Crippen molar-refractivity contribution in [2.45, 2.75) is 44.1 Å². The number of benzene rings is 1. The Balaban J connectivity index is 1.95. The second kappa shape index (κ2) is 11.5. The molecule has 2 aliphatic heterocycles. The largest absolute Gasteiger partial charge is 0.134 e. The van der Waals surface area contributed by atoms with E-state index in [2.05, 4.69) is 110 Å². The fourth-order valence-corrected chi connectivity index (χ4v) is 6.05. The lowest BCUT2D eigenvalue weighted by Gasteiger charge is -2.14. The average Bonchev–Trinajstić information content (AvgIpc) is 3.36. The van der Waals surface area contributed by atoms with Gasteiger partial charge in [-0.1, -0.05) is 83.3 Å². The van der Waals surface area contributed by atoms with Gasteiger partial charge < -0.3 is 0 Å². The predicted octanol–water partition coefficient (Wildman–Crippen LogP) is 8.90. The van der Waals surface area contributed by atoms with Gasteiger partial charge in [-0.05, 0) is 77.9 Å². The zero-order valence-electron chi connectivity index (χ0n) is 18.4. The quantitative estimate of drug-likeness (QED) is 0.267. The van der Waals surface area contributed by atoms with Crippen molar-refractivity contribution in [3.8, 4) is 0 Å². The first-order valence-electron chi connectivity index (χ1n) is 10.5. The Morgan fingerprint density at radius 2 is 1.81 bits per heavy atom. The summed E-state index contributed by atoms with van der Waals surface area (Å²) in [6, 6.07) is 6.71. The SMILES string of the molecule is [B]C1=CCC(/C=C/c2ccc(/C=C/C3CC=C(Br)S3)cc2/C(=C/C(C)=C\C)C(=C)C)S1. The van der Waals surface area contributed by atoms with Crippen LogP contribution in [0.25, 0.3) is 17.7 Å². The van der Waals surface area contributed by atoms with Gasteiger partial charge in [0.25, 0.3) is 0 Å². The van der Waals surface area contributed by atoms with E-state index < -0.39 is 0 Å². The van der Waals surface area contributed by atoms with Gasteiger partial charge in [0.2, 0.25) is 0 Å². The lowest BCUT2D eigenvalue weighted by atomic mass is 9.91. The Labute approximate surface area is 206 Å². The van der Waals surface area contributed by atoms with Gasteiger partial charge in [0.1, 0.15) is 7.85 Å². The van der Waals surface area contributed by atoms with Crippen LogP contribution in [0, 0.1) is 0 Å². The summed E-state index contributed by atoms with van der Waals surface area (Å²) < 4.78 is 1.23. The van der Waals surface area contributed by atoms with Crippen LogP contribution in [-0.4, -0.2) is 18.3 Å². The van der Waals surface area contributed by atoms with E-state index in [1.165, 1.54) is 31.7 Å². The molecule has 4 heteroatoms. The van der Waals surface area contributed by atoms with E-state index in [0.29, 0.717) is 10.5 Å². The lowest BCUT2D eigenvalue weighted by molar-refractivity contribution is 1.10. The van der Waals surface area contributed by atoms with Gasteiger partial charge in [0.05, 0.1) is 0 Å². The summed E-state index contributed by atoms with van der Waals surface area (Å²) >= 11 is 7.19. The highest BCUT2D eigenvalue weighted by molar-refractivity contribution is 9.14. The topological polar surface area (TPSA) is 0 Å². The van der Waals surface area contributed by atoms with Gasteiger partial charge in [0, 0.05) is 14.3 Å². The van der Waals surface area contributed by atoms with Gasteiger partial charge in [-0.25, -0.2) is 0 Å². The Bertz CT molecular complexity index is 1020. The summed E-state index contributed by atoms with van der Waals surface area (Å²) in [6.07, 6.45) is 19.8. The summed E-state index contributed by atoms with van der Waals surface area (Å²) in [7, 11) is 5.94. The van der Waals surface area contributed by atoms with E-state index in [1.54, 1.807) is 11.8 Å². The van der Waals surface area contributed by atoms with Crippen molar-refractivity contribution in [3.63, 3.8) is 0 Å². The highest BCUT2D eigenvalue weighted by Gasteiger charge is 2.14. The minimum absolute atomic E-state index is 0.410. The molecule has 2 radical (unpaired) electrons. The number of rotatable bonds is 7. The fourth-order valence-electron chi connectivity index (χ4n) is 3.42. The molecule has 0 aliphatic carbocycles. The molecule has 0 bridgehead atoms. The first kappa shape index (κ1) is 24.3. The zero-order valence-corrected chi connectivity index (χ0v) is 21.6. The van der Waals surface area contributed by atoms with Crippen LogP contribution in [0.2, 0.25) is 0 Å². The molecule has 0 fully saturated rings. The Kier molecular flexibility index (Phi) is 9.01. The zero-order chi connectivity index (χ0) is 22.4. The van der Waals surface area contributed by atoms with E-state index in [0.717, 1.165) is 23.2 Å². The van der Waals surface area contributed by atoms with Gasteiger partial charge >= 0.3 is 0 Å². The van der Waals surface area contributed by atoms with Crippen molar-refractivity contribution >= 4 is 65.0 Å². The molecular weight excluding hydrogens is 479 g/mol. The lowest BCUT2D eigenvalue weighted by Crippen LogP contribution is -1.95. The summed E-state index contributed by atoms with van der Waals surface area (Å²) in [5, 5.41) is 0.906. The molecule has 2 heterocycles. The maximum Gasteiger partial charge on any atom is 0.122 e. The molecule has 31 heavy (non-hydrogen) atoms. The Morgan fingerprint density at radius 3 is 2.42 bits per heavy atom. The van der Waals surface area contributed by atoms with Crippen LogP contribution in [0.4, 0.5) is 0 Å². The van der Waals surface area contributed by atoms with Crippen LogP contribution < -0.4 is 0 Å². The molecular formula is C27H28BBrS2. The van der Waals surface area contributed by atoms with Gasteiger partial charge in [-0.3, -0.25) is 0 Å². The molecule has 0 saturated heterocycles. The van der Waals surface area contributed by atoms with Crippen LogP contribution in [0.5, 0.6) is 0 Å². The van der Waals surface area contributed by atoms with Crippen LogP contribution in [0.15, 0.2) is 81.0 Å². The smallest absolute Gasteiger partial charge is 0.122 e. The minimum Gasteiger partial charge on any atom is -0.134 e. The molecule has 3 rings (SSSR count). The molecule has 0 spiro atoms. The van der Waals surface area contributed by atoms with Crippen molar-refractivity contribution in [1.29, 1.82) is 0 Å². The third-order valence-corrected chi connectivity index (χ3v) is 8.28. The average molecular weight is 507 g/mol.